The second-order valence-electron chi connectivity index (χ2n) is 5.45. The fraction of sp³-hybridized carbons (Fsp3) is 0.929. The largest absolute Gasteiger partial charge is 0.469 e. The van der Waals surface area contributed by atoms with Crippen LogP contribution in [0.25, 0.3) is 0 Å². The van der Waals surface area contributed by atoms with Crippen molar-refractivity contribution in [2.24, 2.45) is 0 Å². The molecule has 0 spiro atoms. The molecule has 2 nitrogen and oxygen atoms in total. The maximum atomic E-state index is 10.9. The first-order chi connectivity index (χ1) is 8.06. The van der Waals surface area contributed by atoms with Gasteiger partial charge < -0.3 is 4.74 Å². The number of thioether (sulfide) groups is 1. The van der Waals surface area contributed by atoms with Crippen molar-refractivity contribution in [2.45, 2.75) is 75.2 Å². The first kappa shape index (κ1) is 14.9. The SMILES string of the molecule is COC(=O)CCCCCCCCC1SC1(C)C. The fourth-order valence-corrected chi connectivity index (χ4v) is 3.22. The van der Waals surface area contributed by atoms with Crippen LogP contribution in [-0.2, 0) is 9.53 Å². The molecule has 0 aromatic heterocycles. The molecule has 0 aromatic rings. The maximum Gasteiger partial charge on any atom is 0.305 e. The first-order valence-corrected chi connectivity index (χ1v) is 7.69. The quantitative estimate of drug-likeness (QED) is 0.353. The fourth-order valence-electron chi connectivity index (χ4n) is 2.15. The lowest BCUT2D eigenvalue weighted by atomic mass is 10.0. The summed E-state index contributed by atoms with van der Waals surface area (Å²) in [7, 11) is 1.46. The van der Waals surface area contributed by atoms with E-state index in [1.54, 1.807) is 0 Å². The highest BCUT2D eigenvalue weighted by Gasteiger charge is 2.45. The molecule has 1 fully saturated rings. The first-order valence-electron chi connectivity index (χ1n) is 6.81. The van der Waals surface area contributed by atoms with Gasteiger partial charge in [0.15, 0.2) is 0 Å². The highest BCUT2D eigenvalue weighted by Crippen LogP contribution is 2.55. The van der Waals surface area contributed by atoms with E-state index in [0.29, 0.717) is 11.2 Å². The summed E-state index contributed by atoms with van der Waals surface area (Å²) in [6.45, 7) is 4.68. The summed E-state index contributed by atoms with van der Waals surface area (Å²) >= 11 is 2.12. The summed E-state index contributed by atoms with van der Waals surface area (Å²) in [6.07, 6.45) is 9.43. The van der Waals surface area contributed by atoms with Crippen LogP contribution in [0.4, 0.5) is 0 Å². The summed E-state index contributed by atoms with van der Waals surface area (Å²) in [5.41, 5.74) is 0. The van der Waals surface area contributed by atoms with Gasteiger partial charge in [0, 0.05) is 16.4 Å². The average molecular weight is 258 g/mol. The molecule has 1 heterocycles. The zero-order chi connectivity index (χ0) is 12.7. The van der Waals surface area contributed by atoms with Gasteiger partial charge >= 0.3 is 5.97 Å². The number of carbonyl (C=O) groups is 1. The van der Waals surface area contributed by atoms with Crippen LogP contribution in [-0.4, -0.2) is 23.1 Å². The summed E-state index contributed by atoms with van der Waals surface area (Å²) in [5.74, 6) is -0.0713. The van der Waals surface area contributed by atoms with E-state index in [9.17, 15) is 4.79 Å². The van der Waals surface area contributed by atoms with E-state index in [1.165, 1.54) is 45.6 Å². The molecule has 100 valence electrons. The number of methoxy groups -OCH3 is 1. The van der Waals surface area contributed by atoms with Crippen molar-refractivity contribution in [3.63, 3.8) is 0 Å². The molecule has 1 rings (SSSR count). The minimum absolute atomic E-state index is 0.0713. The van der Waals surface area contributed by atoms with Crippen molar-refractivity contribution in [3.8, 4) is 0 Å². The van der Waals surface area contributed by atoms with E-state index in [-0.39, 0.29) is 5.97 Å². The Labute approximate surface area is 110 Å². The van der Waals surface area contributed by atoms with E-state index in [4.69, 9.17) is 0 Å². The number of unbranched alkanes of at least 4 members (excludes halogenated alkanes) is 5. The predicted octanol–water partition coefficient (Wildman–Crippen LogP) is 4.17. The normalized spacial score (nSPS) is 21.2. The van der Waals surface area contributed by atoms with E-state index >= 15 is 0 Å². The molecule has 1 aliphatic rings. The Bertz CT molecular complexity index is 238. The Morgan fingerprint density at radius 1 is 1.12 bits per heavy atom. The number of hydrogen-bond donors (Lipinski definition) is 0. The number of carbonyl (C=O) groups excluding carboxylic acids is 1. The third-order valence-electron chi connectivity index (χ3n) is 3.49. The highest BCUT2D eigenvalue weighted by molar-refractivity contribution is 8.08. The van der Waals surface area contributed by atoms with Crippen molar-refractivity contribution in [2.75, 3.05) is 7.11 Å². The predicted molar refractivity (Wildman–Crippen MR) is 74.4 cm³/mol. The third-order valence-corrected chi connectivity index (χ3v) is 5.24. The van der Waals surface area contributed by atoms with Gasteiger partial charge in [-0.1, -0.05) is 32.1 Å². The Morgan fingerprint density at radius 3 is 2.18 bits per heavy atom. The summed E-state index contributed by atoms with van der Waals surface area (Å²) in [4.78, 5) is 10.9. The number of ether oxygens (including phenoxy) is 1. The molecule has 0 N–H and O–H groups in total. The highest BCUT2D eigenvalue weighted by atomic mass is 32.2. The van der Waals surface area contributed by atoms with Crippen LogP contribution in [0.2, 0.25) is 0 Å². The van der Waals surface area contributed by atoms with Gasteiger partial charge in [-0.05, 0) is 26.7 Å². The van der Waals surface area contributed by atoms with Gasteiger partial charge in [0.1, 0.15) is 0 Å². The molecule has 0 bridgehead atoms. The Kier molecular flexibility index (Phi) is 6.39. The number of hydrogen-bond acceptors (Lipinski definition) is 3. The molecule has 1 unspecified atom stereocenters. The second-order valence-corrected chi connectivity index (χ2v) is 7.30. The standard InChI is InChI=1S/C14H26O2S/c1-14(2)12(17-14)10-8-6-4-5-7-9-11-13(15)16-3/h12H,4-11H2,1-3H3. The molecule has 0 amide bonds. The number of esters is 1. The molecule has 0 saturated carbocycles. The molecule has 1 aliphatic heterocycles. The van der Waals surface area contributed by atoms with Gasteiger partial charge in [0.05, 0.1) is 7.11 Å². The lowest BCUT2D eigenvalue weighted by molar-refractivity contribution is -0.140. The van der Waals surface area contributed by atoms with Crippen molar-refractivity contribution < 1.29 is 9.53 Å². The van der Waals surface area contributed by atoms with Crippen LogP contribution in [0.1, 0.15) is 65.2 Å². The summed E-state index contributed by atoms with van der Waals surface area (Å²) in [5, 5.41) is 0.918. The second kappa shape index (κ2) is 7.30. The van der Waals surface area contributed by atoms with E-state index in [2.05, 4.69) is 30.3 Å². The molecular formula is C14H26O2S. The molecule has 1 atom stereocenters. The van der Waals surface area contributed by atoms with Gasteiger partial charge in [-0.25, -0.2) is 0 Å². The van der Waals surface area contributed by atoms with E-state index in [1.807, 2.05) is 0 Å². The Morgan fingerprint density at radius 2 is 1.65 bits per heavy atom. The lowest BCUT2D eigenvalue weighted by Gasteiger charge is -2.02. The molecule has 0 aliphatic carbocycles. The maximum absolute atomic E-state index is 10.9. The minimum Gasteiger partial charge on any atom is -0.469 e. The Hall–Kier alpha value is -0.180. The zero-order valence-corrected chi connectivity index (χ0v) is 12.3. The lowest BCUT2D eigenvalue weighted by Crippen LogP contribution is -2.02. The van der Waals surface area contributed by atoms with Gasteiger partial charge in [0.25, 0.3) is 0 Å². The van der Waals surface area contributed by atoms with E-state index in [0.717, 1.165) is 11.7 Å². The van der Waals surface area contributed by atoms with Crippen LogP contribution >= 0.6 is 11.8 Å². The van der Waals surface area contributed by atoms with Crippen molar-refractivity contribution in [3.05, 3.63) is 0 Å². The van der Waals surface area contributed by atoms with E-state index < -0.39 is 0 Å². The summed E-state index contributed by atoms with van der Waals surface area (Å²) < 4.78 is 5.18. The van der Waals surface area contributed by atoms with Gasteiger partial charge in [-0.3, -0.25) is 4.79 Å². The molecule has 0 aromatic carbocycles. The molecule has 0 radical (unpaired) electrons. The molecule has 3 heteroatoms. The monoisotopic (exact) mass is 258 g/mol. The van der Waals surface area contributed by atoms with Crippen LogP contribution in [0.5, 0.6) is 0 Å². The topological polar surface area (TPSA) is 26.3 Å². The smallest absolute Gasteiger partial charge is 0.305 e. The van der Waals surface area contributed by atoms with Crippen LogP contribution in [0.3, 0.4) is 0 Å². The zero-order valence-electron chi connectivity index (χ0n) is 11.5. The van der Waals surface area contributed by atoms with Crippen molar-refractivity contribution in [1.82, 2.24) is 0 Å². The van der Waals surface area contributed by atoms with Crippen LogP contribution in [0.15, 0.2) is 0 Å². The summed E-state index contributed by atoms with van der Waals surface area (Å²) in [6, 6.07) is 0. The minimum atomic E-state index is -0.0713. The molecular weight excluding hydrogens is 232 g/mol. The Balaban J connectivity index is 1.78. The van der Waals surface area contributed by atoms with Crippen LogP contribution in [0, 0.1) is 0 Å². The average Bonchev–Trinajstić information content (AvgIpc) is 2.89. The van der Waals surface area contributed by atoms with Crippen molar-refractivity contribution in [1.29, 1.82) is 0 Å². The molecule has 17 heavy (non-hydrogen) atoms. The van der Waals surface area contributed by atoms with Gasteiger partial charge in [0.2, 0.25) is 0 Å². The third kappa shape index (κ3) is 6.35. The van der Waals surface area contributed by atoms with Crippen molar-refractivity contribution >= 4 is 17.7 Å². The van der Waals surface area contributed by atoms with Gasteiger partial charge in [-0.15, -0.1) is 11.8 Å². The molecule has 1 saturated heterocycles. The van der Waals surface area contributed by atoms with Gasteiger partial charge in [-0.2, -0.15) is 0 Å². The number of rotatable bonds is 9. The van der Waals surface area contributed by atoms with Crippen LogP contribution < -0.4 is 0 Å².